The standard InChI is InChI=1S/C14H16N2O/c1-9-6-11(3)12(7-10(9)2)14(17)13-4-5-15-8-16-13/h4-8,14,17H,1-3H3. The van der Waals surface area contributed by atoms with E-state index in [1.165, 1.54) is 17.5 Å². The molecule has 1 atom stereocenters. The number of aliphatic hydroxyl groups is 1. The third-order valence-corrected chi connectivity index (χ3v) is 3.06. The van der Waals surface area contributed by atoms with E-state index in [2.05, 4.69) is 23.0 Å². The van der Waals surface area contributed by atoms with Gasteiger partial charge in [-0.2, -0.15) is 0 Å². The molecule has 0 spiro atoms. The summed E-state index contributed by atoms with van der Waals surface area (Å²) < 4.78 is 0. The molecule has 17 heavy (non-hydrogen) atoms. The van der Waals surface area contributed by atoms with Crippen molar-refractivity contribution < 1.29 is 5.11 Å². The Labute approximate surface area is 101 Å². The summed E-state index contributed by atoms with van der Waals surface area (Å²) in [6.45, 7) is 6.13. The topological polar surface area (TPSA) is 46.0 Å². The van der Waals surface area contributed by atoms with Gasteiger partial charge in [-0.25, -0.2) is 9.97 Å². The fraction of sp³-hybridized carbons (Fsp3) is 0.286. The van der Waals surface area contributed by atoms with Gasteiger partial charge in [0.05, 0.1) is 5.69 Å². The van der Waals surface area contributed by atoms with Crippen molar-refractivity contribution in [3.63, 3.8) is 0 Å². The van der Waals surface area contributed by atoms with Gasteiger partial charge in [0.2, 0.25) is 0 Å². The number of benzene rings is 1. The van der Waals surface area contributed by atoms with E-state index >= 15 is 0 Å². The van der Waals surface area contributed by atoms with Crippen LogP contribution in [0.2, 0.25) is 0 Å². The number of aromatic nitrogens is 2. The van der Waals surface area contributed by atoms with Gasteiger partial charge in [0.25, 0.3) is 0 Å². The normalized spacial score (nSPS) is 12.5. The monoisotopic (exact) mass is 228 g/mol. The second kappa shape index (κ2) is 4.63. The zero-order valence-electron chi connectivity index (χ0n) is 10.3. The van der Waals surface area contributed by atoms with Crippen LogP contribution in [0.5, 0.6) is 0 Å². The molecule has 0 saturated heterocycles. The molecular weight excluding hydrogens is 212 g/mol. The highest BCUT2D eigenvalue weighted by molar-refractivity contribution is 5.39. The van der Waals surface area contributed by atoms with Gasteiger partial charge in [-0.3, -0.25) is 0 Å². The van der Waals surface area contributed by atoms with Gasteiger partial charge in [0, 0.05) is 6.20 Å². The zero-order chi connectivity index (χ0) is 12.4. The van der Waals surface area contributed by atoms with Crippen molar-refractivity contribution >= 4 is 0 Å². The fourth-order valence-electron chi connectivity index (χ4n) is 1.90. The largest absolute Gasteiger partial charge is 0.382 e. The Bertz CT molecular complexity index is 523. The van der Waals surface area contributed by atoms with Crippen molar-refractivity contribution in [3.8, 4) is 0 Å². The van der Waals surface area contributed by atoms with Crippen LogP contribution in [0, 0.1) is 20.8 Å². The number of rotatable bonds is 2. The zero-order valence-corrected chi connectivity index (χ0v) is 10.3. The Morgan fingerprint density at radius 3 is 2.41 bits per heavy atom. The van der Waals surface area contributed by atoms with Gasteiger partial charge < -0.3 is 5.11 Å². The van der Waals surface area contributed by atoms with E-state index in [1.54, 1.807) is 12.3 Å². The van der Waals surface area contributed by atoms with E-state index in [1.807, 2.05) is 19.9 Å². The van der Waals surface area contributed by atoms with Crippen LogP contribution in [0.25, 0.3) is 0 Å². The third-order valence-electron chi connectivity index (χ3n) is 3.06. The van der Waals surface area contributed by atoms with Crippen LogP contribution in [0.3, 0.4) is 0 Å². The maximum atomic E-state index is 10.3. The van der Waals surface area contributed by atoms with Crippen molar-refractivity contribution in [1.29, 1.82) is 0 Å². The molecule has 0 saturated carbocycles. The van der Waals surface area contributed by atoms with Crippen LogP contribution in [-0.2, 0) is 0 Å². The highest BCUT2D eigenvalue weighted by Gasteiger charge is 2.14. The Kier molecular flexibility index (Phi) is 3.20. The molecule has 1 N–H and O–H groups in total. The summed E-state index contributed by atoms with van der Waals surface area (Å²) in [6.07, 6.45) is 2.41. The quantitative estimate of drug-likeness (QED) is 0.859. The third kappa shape index (κ3) is 2.34. The lowest BCUT2D eigenvalue weighted by Crippen LogP contribution is -2.05. The van der Waals surface area contributed by atoms with Gasteiger partial charge in [-0.15, -0.1) is 0 Å². The molecule has 88 valence electrons. The molecule has 3 heteroatoms. The van der Waals surface area contributed by atoms with Crippen molar-refractivity contribution in [2.75, 3.05) is 0 Å². The lowest BCUT2D eigenvalue weighted by molar-refractivity contribution is 0.214. The van der Waals surface area contributed by atoms with Gasteiger partial charge >= 0.3 is 0 Å². The Morgan fingerprint density at radius 2 is 1.76 bits per heavy atom. The lowest BCUT2D eigenvalue weighted by Gasteiger charge is -2.15. The van der Waals surface area contributed by atoms with Crippen molar-refractivity contribution in [2.24, 2.45) is 0 Å². The number of aliphatic hydroxyl groups excluding tert-OH is 1. The molecule has 0 aliphatic heterocycles. The van der Waals surface area contributed by atoms with E-state index in [9.17, 15) is 5.11 Å². The van der Waals surface area contributed by atoms with Crippen LogP contribution in [0.4, 0.5) is 0 Å². The summed E-state index contributed by atoms with van der Waals surface area (Å²) >= 11 is 0. The van der Waals surface area contributed by atoms with E-state index in [-0.39, 0.29) is 0 Å². The smallest absolute Gasteiger partial charge is 0.121 e. The molecule has 1 unspecified atom stereocenters. The van der Waals surface area contributed by atoms with Crippen molar-refractivity contribution in [1.82, 2.24) is 9.97 Å². The molecule has 1 heterocycles. The van der Waals surface area contributed by atoms with Crippen molar-refractivity contribution in [2.45, 2.75) is 26.9 Å². The summed E-state index contributed by atoms with van der Waals surface area (Å²) in [5.41, 5.74) is 5.04. The van der Waals surface area contributed by atoms with E-state index in [0.29, 0.717) is 5.69 Å². The second-order valence-electron chi connectivity index (χ2n) is 4.33. The summed E-state index contributed by atoms with van der Waals surface area (Å²) in [6, 6.07) is 5.85. The molecule has 0 radical (unpaired) electrons. The molecule has 0 fully saturated rings. The number of aryl methyl sites for hydroxylation is 3. The molecule has 0 aliphatic rings. The summed E-state index contributed by atoms with van der Waals surface area (Å²) in [5, 5.41) is 10.3. The summed E-state index contributed by atoms with van der Waals surface area (Å²) in [4.78, 5) is 7.94. The highest BCUT2D eigenvalue weighted by Crippen LogP contribution is 2.25. The molecular formula is C14H16N2O. The number of hydrogen-bond donors (Lipinski definition) is 1. The minimum atomic E-state index is -0.683. The van der Waals surface area contributed by atoms with Crippen LogP contribution < -0.4 is 0 Å². The fourth-order valence-corrected chi connectivity index (χ4v) is 1.90. The second-order valence-corrected chi connectivity index (χ2v) is 4.33. The molecule has 1 aromatic heterocycles. The van der Waals surface area contributed by atoms with Gasteiger partial charge in [-0.05, 0) is 49.1 Å². The maximum Gasteiger partial charge on any atom is 0.121 e. The first-order valence-corrected chi connectivity index (χ1v) is 5.61. The predicted octanol–water partition coefficient (Wildman–Crippen LogP) is 2.48. The number of nitrogens with zero attached hydrogens (tertiary/aromatic N) is 2. The summed E-state index contributed by atoms with van der Waals surface area (Å²) in [7, 11) is 0. The van der Waals surface area contributed by atoms with E-state index < -0.39 is 6.10 Å². The SMILES string of the molecule is Cc1cc(C)c(C(O)c2ccncn2)cc1C. The molecule has 2 aromatic rings. The molecule has 1 aromatic carbocycles. The van der Waals surface area contributed by atoms with Gasteiger partial charge in [-0.1, -0.05) is 12.1 Å². The Balaban J connectivity index is 2.44. The van der Waals surface area contributed by atoms with Gasteiger partial charge in [0.1, 0.15) is 12.4 Å². The van der Waals surface area contributed by atoms with Crippen LogP contribution in [-0.4, -0.2) is 15.1 Å². The van der Waals surface area contributed by atoms with Gasteiger partial charge in [0.15, 0.2) is 0 Å². The molecule has 3 nitrogen and oxygen atoms in total. The maximum absolute atomic E-state index is 10.3. The Hall–Kier alpha value is -1.74. The Morgan fingerprint density at radius 1 is 1.06 bits per heavy atom. The molecule has 2 rings (SSSR count). The highest BCUT2D eigenvalue weighted by atomic mass is 16.3. The first-order chi connectivity index (χ1) is 8.09. The average Bonchev–Trinajstić information content (AvgIpc) is 2.34. The minimum Gasteiger partial charge on any atom is -0.382 e. The minimum absolute atomic E-state index is 0.631. The first-order valence-electron chi connectivity index (χ1n) is 5.61. The van der Waals surface area contributed by atoms with E-state index in [0.717, 1.165) is 11.1 Å². The van der Waals surface area contributed by atoms with Crippen LogP contribution in [0.1, 0.15) is 34.1 Å². The molecule has 0 bridgehead atoms. The predicted molar refractivity (Wildman–Crippen MR) is 66.7 cm³/mol. The van der Waals surface area contributed by atoms with Crippen LogP contribution >= 0.6 is 0 Å². The van der Waals surface area contributed by atoms with E-state index in [4.69, 9.17) is 0 Å². The molecule has 0 aliphatic carbocycles. The molecule has 0 amide bonds. The number of hydrogen-bond acceptors (Lipinski definition) is 3. The average molecular weight is 228 g/mol. The lowest BCUT2D eigenvalue weighted by atomic mass is 9.96. The van der Waals surface area contributed by atoms with Crippen LogP contribution in [0.15, 0.2) is 30.7 Å². The van der Waals surface area contributed by atoms with Crippen molar-refractivity contribution in [3.05, 3.63) is 58.7 Å². The summed E-state index contributed by atoms with van der Waals surface area (Å²) in [5.74, 6) is 0. The first kappa shape index (κ1) is 11.7.